The summed E-state index contributed by atoms with van der Waals surface area (Å²) in [6.45, 7) is 4.00. The summed E-state index contributed by atoms with van der Waals surface area (Å²) < 4.78 is 0. The molecule has 2 aromatic carbocycles. The summed E-state index contributed by atoms with van der Waals surface area (Å²) in [6, 6.07) is 13.3. The number of nitrogens with two attached hydrogens (primary N) is 1. The predicted molar refractivity (Wildman–Crippen MR) is 127 cm³/mol. The molecular formula is C26H31N3O3. The Hall–Kier alpha value is -3.11. The first-order chi connectivity index (χ1) is 15.3. The molecule has 0 aliphatic heterocycles. The Bertz CT molecular complexity index is 1140. The van der Waals surface area contributed by atoms with Crippen LogP contribution in [0.3, 0.4) is 0 Å². The monoisotopic (exact) mass is 433 g/mol. The molecule has 0 aliphatic carbocycles. The van der Waals surface area contributed by atoms with E-state index in [-0.39, 0.29) is 18.6 Å². The fourth-order valence-electron chi connectivity index (χ4n) is 3.92. The van der Waals surface area contributed by atoms with E-state index >= 15 is 0 Å². The third-order valence-electron chi connectivity index (χ3n) is 6.09. The summed E-state index contributed by atoms with van der Waals surface area (Å²) in [4.78, 5) is 17.4. The van der Waals surface area contributed by atoms with Crippen LogP contribution in [0.15, 0.2) is 48.7 Å². The number of para-hydroxylation sites is 1. The minimum absolute atomic E-state index is 0.0345. The number of hydrogen-bond acceptors (Lipinski definition) is 4. The molecule has 0 saturated carbocycles. The number of rotatable bonds is 8. The van der Waals surface area contributed by atoms with Gasteiger partial charge in [0.25, 0.3) is 0 Å². The summed E-state index contributed by atoms with van der Waals surface area (Å²) in [5, 5.41) is 21.1. The highest BCUT2D eigenvalue weighted by atomic mass is 16.3. The van der Waals surface area contributed by atoms with Crippen LogP contribution in [0, 0.1) is 11.8 Å². The predicted octanol–water partition coefficient (Wildman–Crippen LogP) is 2.64. The van der Waals surface area contributed by atoms with Crippen LogP contribution in [-0.4, -0.2) is 58.3 Å². The molecule has 1 amide bonds. The van der Waals surface area contributed by atoms with Crippen LogP contribution in [0.25, 0.3) is 10.9 Å². The van der Waals surface area contributed by atoms with E-state index in [1.165, 1.54) is 0 Å². The molecule has 0 radical (unpaired) electrons. The molecule has 0 fully saturated rings. The summed E-state index contributed by atoms with van der Waals surface area (Å²) in [5.74, 6) is 5.42. The lowest BCUT2D eigenvalue weighted by Gasteiger charge is -2.24. The largest absolute Gasteiger partial charge is 0.396 e. The van der Waals surface area contributed by atoms with Crippen molar-refractivity contribution >= 4 is 16.8 Å². The Balaban J connectivity index is 1.96. The first kappa shape index (κ1) is 23.6. The van der Waals surface area contributed by atoms with Gasteiger partial charge in [0, 0.05) is 40.2 Å². The molecular weight excluding hydrogens is 402 g/mol. The number of aromatic amines is 1. The van der Waals surface area contributed by atoms with Crippen molar-refractivity contribution in [2.75, 3.05) is 20.2 Å². The van der Waals surface area contributed by atoms with E-state index in [0.29, 0.717) is 29.7 Å². The highest BCUT2D eigenvalue weighted by molar-refractivity contribution is 5.95. The van der Waals surface area contributed by atoms with Gasteiger partial charge in [-0.3, -0.25) is 9.69 Å². The molecule has 1 heterocycles. The van der Waals surface area contributed by atoms with Crippen molar-refractivity contribution in [3.05, 3.63) is 70.9 Å². The maximum atomic E-state index is 12.2. The molecule has 0 saturated heterocycles. The van der Waals surface area contributed by atoms with Gasteiger partial charge in [0.1, 0.15) is 0 Å². The average molecular weight is 434 g/mol. The zero-order valence-corrected chi connectivity index (χ0v) is 18.8. The standard InChI is InChI=1S/C26H31N3O3/c1-17(18(2)31)29(3)13-7-9-19-8-6-11-23(26(27)32)25(19)21(16-30)14-20-15-28-24-12-5-4-10-22(20)24/h4-6,8,10-12,15,17-18,21,28,30-31H,13-14,16H2,1-3H3,(H2,27,32)/t17-,18-,21+/m1/s1. The number of H-pyrrole nitrogens is 1. The number of hydrogen-bond donors (Lipinski definition) is 4. The summed E-state index contributed by atoms with van der Waals surface area (Å²) in [6.07, 6.45) is 2.02. The third-order valence-corrected chi connectivity index (χ3v) is 6.09. The van der Waals surface area contributed by atoms with Crippen LogP contribution < -0.4 is 5.73 Å². The van der Waals surface area contributed by atoms with Crippen LogP contribution in [0.5, 0.6) is 0 Å². The molecule has 6 nitrogen and oxygen atoms in total. The number of nitrogens with one attached hydrogen (secondary N) is 1. The second kappa shape index (κ2) is 10.5. The van der Waals surface area contributed by atoms with E-state index in [1.807, 2.05) is 55.4 Å². The number of aromatic nitrogens is 1. The lowest BCUT2D eigenvalue weighted by Crippen LogP contribution is -2.37. The summed E-state index contributed by atoms with van der Waals surface area (Å²) >= 11 is 0. The van der Waals surface area contributed by atoms with Gasteiger partial charge >= 0.3 is 0 Å². The molecule has 32 heavy (non-hydrogen) atoms. The van der Waals surface area contributed by atoms with Crippen LogP contribution in [0.4, 0.5) is 0 Å². The number of nitrogens with zero attached hydrogens (tertiary/aromatic N) is 1. The smallest absolute Gasteiger partial charge is 0.249 e. The number of carbonyl (C=O) groups excluding carboxylic acids is 1. The van der Waals surface area contributed by atoms with Crippen molar-refractivity contribution in [1.82, 2.24) is 9.88 Å². The highest BCUT2D eigenvalue weighted by Gasteiger charge is 2.22. The van der Waals surface area contributed by atoms with Gasteiger partial charge in [-0.25, -0.2) is 0 Å². The summed E-state index contributed by atoms with van der Waals surface area (Å²) in [7, 11) is 1.90. The van der Waals surface area contributed by atoms with Crippen molar-refractivity contribution in [1.29, 1.82) is 0 Å². The average Bonchev–Trinajstić information content (AvgIpc) is 3.19. The normalized spacial score (nSPS) is 14.1. The second-order valence-corrected chi connectivity index (χ2v) is 8.27. The van der Waals surface area contributed by atoms with Gasteiger partial charge in [-0.05, 0) is 56.6 Å². The number of primary amides is 1. The van der Waals surface area contributed by atoms with Crippen molar-refractivity contribution in [3.8, 4) is 11.8 Å². The number of likely N-dealkylation sites (N-methyl/N-ethyl adjacent to an activating group) is 1. The first-order valence-corrected chi connectivity index (χ1v) is 10.8. The van der Waals surface area contributed by atoms with Crippen LogP contribution >= 0.6 is 0 Å². The van der Waals surface area contributed by atoms with Crippen molar-refractivity contribution in [3.63, 3.8) is 0 Å². The highest BCUT2D eigenvalue weighted by Crippen LogP contribution is 2.30. The SMILES string of the molecule is C[C@H]([C@@H](C)O)N(C)CC#Cc1cccc(C(N)=O)c1[C@H](CO)Cc1c[nH]c2ccccc12. The molecule has 0 spiro atoms. The number of aliphatic hydroxyl groups excluding tert-OH is 2. The molecule has 0 bridgehead atoms. The lowest BCUT2D eigenvalue weighted by atomic mass is 9.85. The van der Waals surface area contributed by atoms with Crippen molar-refractivity contribution in [2.24, 2.45) is 5.73 Å². The molecule has 3 atom stereocenters. The molecule has 3 rings (SSSR count). The Morgan fingerprint density at radius 1 is 1.19 bits per heavy atom. The van der Waals surface area contributed by atoms with Gasteiger partial charge in [0.2, 0.25) is 5.91 Å². The topological polar surface area (TPSA) is 103 Å². The van der Waals surface area contributed by atoms with Crippen LogP contribution in [0.2, 0.25) is 0 Å². The van der Waals surface area contributed by atoms with E-state index in [0.717, 1.165) is 16.5 Å². The van der Waals surface area contributed by atoms with Gasteiger partial charge < -0.3 is 20.9 Å². The third kappa shape index (κ3) is 5.20. The zero-order chi connectivity index (χ0) is 23.3. The lowest BCUT2D eigenvalue weighted by molar-refractivity contribution is 0.0942. The van der Waals surface area contributed by atoms with Gasteiger partial charge in [-0.15, -0.1) is 0 Å². The summed E-state index contributed by atoms with van der Waals surface area (Å²) in [5.41, 5.74) is 9.49. The maximum absolute atomic E-state index is 12.2. The molecule has 0 unspecified atom stereocenters. The fraction of sp³-hybridized carbons (Fsp3) is 0.346. The Morgan fingerprint density at radius 3 is 2.62 bits per heavy atom. The number of benzene rings is 2. The molecule has 1 aromatic heterocycles. The number of carbonyl (C=O) groups is 1. The van der Waals surface area contributed by atoms with Gasteiger partial charge in [-0.1, -0.05) is 36.1 Å². The minimum atomic E-state index is -0.541. The van der Waals surface area contributed by atoms with E-state index in [1.54, 1.807) is 19.1 Å². The molecule has 6 heteroatoms. The molecule has 5 N–H and O–H groups in total. The molecule has 3 aromatic rings. The quantitative estimate of drug-likeness (QED) is 0.410. The number of aliphatic hydroxyl groups is 2. The maximum Gasteiger partial charge on any atom is 0.249 e. The van der Waals surface area contributed by atoms with E-state index in [9.17, 15) is 15.0 Å². The Kier molecular flexibility index (Phi) is 7.70. The number of fused-ring (bicyclic) bond motifs is 1. The van der Waals surface area contributed by atoms with Gasteiger partial charge in [0.05, 0.1) is 19.3 Å². The fourth-order valence-corrected chi connectivity index (χ4v) is 3.92. The van der Waals surface area contributed by atoms with Gasteiger partial charge in [0.15, 0.2) is 0 Å². The molecule has 168 valence electrons. The van der Waals surface area contributed by atoms with Crippen molar-refractivity contribution < 1.29 is 15.0 Å². The second-order valence-electron chi connectivity index (χ2n) is 8.27. The van der Waals surface area contributed by atoms with E-state index in [4.69, 9.17) is 5.73 Å². The van der Waals surface area contributed by atoms with Gasteiger partial charge in [-0.2, -0.15) is 0 Å². The minimum Gasteiger partial charge on any atom is -0.396 e. The van der Waals surface area contributed by atoms with E-state index in [2.05, 4.69) is 16.8 Å². The molecule has 0 aliphatic rings. The van der Waals surface area contributed by atoms with Crippen LogP contribution in [0.1, 0.15) is 46.8 Å². The van der Waals surface area contributed by atoms with E-state index < -0.39 is 12.0 Å². The Morgan fingerprint density at radius 2 is 1.94 bits per heavy atom. The first-order valence-electron chi connectivity index (χ1n) is 10.8. The van der Waals surface area contributed by atoms with Crippen LogP contribution in [-0.2, 0) is 6.42 Å². The number of amides is 1. The van der Waals surface area contributed by atoms with Crippen molar-refractivity contribution in [2.45, 2.75) is 38.3 Å². The zero-order valence-electron chi connectivity index (χ0n) is 18.8. The Labute approximate surface area is 189 Å².